The molecule has 2 N–H and O–H groups in total. The highest BCUT2D eigenvalue weighted by atomic mass is 16.2. The molecule has 10 heavy (non-hydrogen) atoms. The molecule has 0 aromatic heterocycles. The molecule has 0 saturated carbocycles. The summed E-state index contributed by atoms with van der Waals surface area (Å²) >= 11 is 0. The first-order chi connectivity index (χ1) is 4.72. The van der Waals surface area contributed by atoms with Gasteiger partial charge in [-0.15, -0.1) is 0 Å². The maximum Gasteiger partial charge on any atom is 0.253 e. The lowest BCUT2D eigenvalue weighted by atomic mass is 10.1. The highest BCUT2D eigenvalue weighted by Gasteiger charge is 2.16. The van der Waals surface area contributed by atoms with Crippen molar-refractivity contribution in [1.82, 2.24) is 0 Å². The van der Waals surface area contributed by atoms with Crippen LogP contribution in [0, 0.1) is 0 Å². The summed E-state index contributed by atoms with van der Waals surface area (Å²) < 4.78 is 0. The van der Waals surface area contributed by atoms with E-state index in [0.717, 1.165) is 0 Å². The minimum atomic E-state index is -0.438. The van der Waals surface area contributed by atoms with Crippen molar-refractivity contribution in [3.05, 3.63) is 20.4 Å². The second kappa shape index (κ2) is 2.17. The van der Waals surface area contributed by atoms with Gasteiger partial charge in [0.15, 0.2) is 0 Å². The van der Waals surface area contributed by atoms with Gasteiger partial charge in [-0.25, -0.2) is 0 Å². The monoisotopic (exact) mass is 138 g/mol. The Labute approximate surface area is 58.4 Å². The fraction of sp³-hybridized carbons (Fsp3) is 0.200. The van der Waals surface area contributed by atoms with E-state index < -0.39 is 10.9 Å². The Kier molecular flexibility index (Phi) is 1.49. The highest BCUT2D eigenvalue weighted by Crippen LogP contribution is 2.10. The first-order valence-electron chi connectivity index (χ1n) is 2.91. The van der Waals surface area contributed by atoms with Crippen LogP contribution < -0.4 is 21.4 Å². The van der Waals surface area contributed by atoms with Gasteiger partial charge in [0.25, 0.3) is 10.9 Å². The van der Waals surface area contributed by atoms with Crippen LogP contribution in [0.25, 0.3) is 0 Å². The molecule has 0 bridgehead atoms. The van der Waals surface area contributed by atoms with E-state index >= 15 is 0 Å². The summed E-state index contributed by atoms with van der Waals surface area (Å²) in [6.45, 7) is 0. The van der Waals surface area contributed by atoms with Crippen LogP contribution >= 0.6 is 0 Å². The van der Waals surface area contributed by atoms with Gasteiger partial charge in [0.05, 0.1) is 0 Å². The van der Waals surface area contributed by atoms with Crippen molar-refractivity contribution >= 4 is 19.4 Å². The van der Waals surface area contributed by atoms with Crippen molar-refractivity contribution < 1.29 is 0 Å². The van der Waals surface area contributed by atoms with Crippen LogP contribution in [0.4, 0.5) is 11.4 Å². The van der Waals surface area contributed by atoms with Gasteiger partial charge in [0, 0.05) is 7.05 Å². The van der Waals surface area contributed by atoms with E-state index in [0.29, 0.717) is 11.4 Å². The van der Waals surface area contributed by atoms with Crippen LogP contribution in [0.2, 0.25) is 0 Å². The summed E-state index contributed by atoms with van der Waals surface area (Å²) in [5, 5.41) is 5.26. The smallest absolute Gasteiger partial charge is 0.253 e. The van der Waals surface area contributed by atoms with E-state index in [4.69, 9.17) is 0 Å². The van der Waals surface area contributed by atoms with Crippen molar-refractivity contribution in [2.24, 2.45) is 0 Å². The zero-order valence-corrected chi connectivity index (χ0v) is 5.82. The van der Waals surface area contributed by atoms with E-state index in [1.54, 1.807) is 15.0 Å². The molecule has 1 aromatic carbocycles. The van der Waals surface area contributed by atoms with Crippen LogP contribution in [-0.4, -0.2) is 15.0 Å². The molecule has 0 atom stereocenters. The fourth-order valence-electron chi connectivity index (χ4n) is 0.869. The number of hydrogen-bond donors (Lipinski definition) is 2. The lowest BCUT2D eigenvalue weighted by Gasteiger charge is -2.07. The van der Waals surface area contributed by atoms with Crippen molar-refractivity contribution in [3.8, 4) is 0 Å². The van der Waals surface area contributed by atoms with Gasteiger partial charge < -0.3 is 10.5 Å². The third kappa shape index (κ3) is 0.634. The first-order valence-corrected chi connectivity index (χ1v) is 2.91. The molecular weight excluding hydrogens is 131 g/mol. The van der Waals surface area contributed by atoms with Crippen LogP contribution in [0.5, 0.6) is 0 Å². The second-order valence-corrected chi connectivity index (χ2v) is 1.91. The average Bonchev–Trinajstić information content (AvgIpc) is 1.97. The van der Waals surface area contributed by atoms with Crippen molar-refractivity contribution in [3.63, 3.8) is 0 Å². The third-order valence-electron chi connectivity index (χ3n) is 1.41. The molecule has 0 amide bonds. The van der Waals surface area contributed by atoms with E-state index in [1.807, 2.05) is 0 Å². The summed E-state index contributed by atoms with van der Waals surface area (Å²) in [4.78, 5) is 21.3. The predicted molar refractivity (Wildman–Crippen MR) is 43.1 cm³/mol. The zero-order valence-electron chi connectivity index (χ0n) is 5.82. The van der Waals surface area contributed by atoms with E-state index in [2.05, 4.69) is 10.5 Å². The largest absolute Gasteiger partial charge is 0.429 e. The SMILES string of the molecule is BNc1c(NC)c(=O)c1=O. The summed E-state index contributed by atoms with van der Waals surface area (Å²) in [7, 11) is 3.22. The van der Waals surface area contributed by atoms with Crippen LogP contribution in [-0.2, 0) is 0 Å². The Morgan fingerprint density at radius 1 is 1.20 bits per heavy atom. The van der Waals surface area contributed by atoms with Gasteiger partial charge in [0.2, 0.25) is 7.98 Å². The molecule has 5 heteroatoms. The molecule has 52 valence electrons. The molecule has 0 spiro atoms. The zero-order chi connectivity index (χ0) is 7.72. The fourth-order valence-corrected chi connectivity index (χ4v) is 0.869. The quantitative estimate of drug-likeness (QED) is 0.377. The van der Waals surface area contributed by atoms with Gasteiger partial charge in [-0.2, -0.15) is 0 Å². The highest BCUT2D eigenvalue weighted by molar-refractivity contribution is 6.17. The summed E-state index contributed by atoms with van der Waals surface area (Å²) in [5.41, 5.74) is -0.112. The van der Waals surface area contributed by atoms with Crippen molar-refractivity contribution in [1.29, 1.82) is 0 Å². The van der Waals surface area contributed by atoms with Crippen LogP contribution in [0.15, 0.2) is 9.59 Å². The number of rotatable bonds is 2. The molecule has 0 heterocycles. The Balaban J connectivity index is 3.16. The molecule has 0 fully saturated rings. The Hall–Kier alpha value is -1.26. The minimum Gasteiger partial charge on any atom is -0.429 e. The van der Waals surface area contributed by atoms with Gasteiger partial charge >= 0.3 is 0 Å². The second-order valence-electron chi connectivity index (χ2n) is 1.91. The van der Waals surface area contributed by atoms with Gasteiger partial charge in [-0.1, -0.05) is 0 Å². The summed E-state index contributed by atoms with van der Waals surface area (Å²) in [6.07, 6.45) is 0. The van der Waals surface area contributed by atoms with Crippen LogP contribution in [0.1, 0.15) is 0 Å². The molecule has 4 nitrogen and oxygen atoms in total. The molecule has 1 rings (SSSR count). The van der Waals surface area contributed by atoms with Gasteiger partial charge in [-0.3, -0.25) is 9.59 Å². The minimum absolute atomic E-state index is 0.382. The third-order valence-corrected chi connectivity index (χ3v) is 1.41. The molecule has 0 saturated heterocycles. The molecule has 0 unspecified atom stereocenters. The Bertz CT molecular complexity index is 281. The van der Waals surface area contributed by atoms with Gasteiger partial charge in [0.1, 0.15) is 11.4 Å². The predicted octanol–water partition coefficient (Wildman–Crippen LogP) is -1.72. The first kappa shape index (κ1) is 6.86. The van der Waals surface area contributed by atoms with E-state index in [9.17, 15) is 9.59 Å². The lowest BCUT2D eigenvalue weighted by Crippen LogP contribution is -2.36. The summed E-state index contributed by atoms with van der Waals surface area (Å²) in [5.74, 6) is 0. The van der Waals surface area contributed by atoms with E-state index in [-0.39, 0.29) is 0 Å². The molecule has 0 aliphatic rings. The molecule has 0 aliphatic carbocycles. The maximum atomic E-state index is 10.7. The van der Waals surface area contributed by atoms with Crippen molar-refractivity contribution in [2.45, 2.75) is 0 Å². The van der Waals surface area contributed by atoms with Gasteiger partial charge in [-0.05, 0) is 0 Å². The van der Waals surface area contributed by atoms with Crippen molar-refractivity contribution in [2.75, 3.05) is 17.6 Å². The molecule has 1 aromatic rings. The van der Waals surface area contributed by atoms with E-state index in [1.165, 1.54) is 0 Å². The summed E-state index contributed by atoms with van der Waals surface area (Å²) in [6, 6.07) is 0. The maximum absolute atomic E-state index is 10.7. The molecule has 0 radical (unpaired) electrons. The van der Waals surface area contributed by atoms with Crippen LogP contribution in [0.3, 0.4) is 0 Å². The topological polar surface area (TPSA) is 58.2 Å². The molecular formula is C5H7BN2O2. The molecule has 0 aliphatic heterocycles. The number of hydrogen-bond acceptors (Lipinski definition) is 4. The average molecular weight is 138 g/mol. The standard InChI is InChI=1S/C5H7BN2O2/c1-7-2-3(8-6)5(10)4(2)9/h7-8H,6H2,1H3. The number of nitrogens with one attached hydrogen (secondary N) is 2. The number of anilines is 2. The lowest BCUT2D eigenvalue weighted by molar-refractivity contribution is 1.36. The Morgan fingerprint density at radius 2 is 1.70 bits per heavy atom. The Morgan fingerprint density at radius 3 is 2.00 bits per heavy atom. The normalized spacial score (nSPS) is 9.70.